The first-order chi connectivity index (χ1) is 12.6. The standard InChI is InChI=1S/C21H20N2O3/c1-14-10-11-15-6-2-5-9-18(15)23(14)19(24)12-13-22-20(25)16-7-3-4-8-17(16)21(22)26/h2-9,14H,10-13H2,1H3. The molecule has 26 heavy (non-hydrogen) atoms. The second-order valence-electron chi connectivity index (χ2n) is 6.84. The summed E-state index contributed by atoms with van der Waals surface area (Å²) < 4.78 is 0. The molecule has 2 aromatic carbocycles. The number of hydrogen-bond acceptors (Lipinski definition) is 3. The van der Waals surface area contributed by atoms with Gasteiger partial charge in [0, 0.05) is 24.7 Å². The molecule has 3 amide bonds. The number of carbonyl (C=O) groups is 3. The Labute approximate surface area is 152 Å². The van der Waals surface area contributed by atoms with Crippen LogP contribution in [0.15, 0.2) is 48.5 Å². The zero-order valence-electron chi connectivity index (χ0n) is 14.6. The minimum absolute atomic E-state index is 0.0544. The number of amides is 3. The van der Waals surface area contributed by atoms with Crippen molar-refractivity contribution in [1.82, 2.24) is 4.90 Å². The second kappa shape index (κ2) is 6.41. The van der Waals surface area contributed by atoms with Crippen LogP contribution in [-0.2, 0) is 11.2 Å². The minimum Gasteiger partial charge on any atom is -0.309 e. The summed E-state index contributed by atoms with van der Waals surface area (Å²) in [5.41, 5.74) is 2.95. The Morgan fingerprint density at radius 2 is 1.62 bits per heavy atom. The van der Waals surface area contributed by atoms with Gasteiger partial charge in [-0.05, 0) is 43.5 Å². The molecule has 0 saturated carbocycles. The number of benzene rings is 2. The van der Waals surface area contributed by atoms with Gasteiger partial charge in [0.25, 0.3) is 11.8 Å². The predicted octanol–water partition coefficient (Wildman–Crippen LogP) is 3.04. The molecule has 0 aromatic heterocycles. The third-order valence-corrected chi connectivity index (χ3v) is 5.22. The maximum atomic E-state index is 12.9. The maximum absolute atomic E-state index is 12.9. The number of aryl methyl sites for hydroxylation is 1. The lowest BCUT2D eigenvalue weighted by Gasteiger charge is -2.35. The van der Waals surface area contributed by atoms with Crippen LogP contribution >= 0.6 is 0 Å². The van der Waals surface area contributed by atoms with E-state index in [4.69, 9.17) is 0 Å². The molecule has 1 atom stereocenters. The lowest BCUT2D eigenvalue weighted by Crippen LogP contribution is -2.43. The summed E-state index contributed by atoms with van der Waals surface area (Å²) in [6.45, 7) is 2.15. The van der Waals surface area contributed by atoms with Gasteiger partial charge in [-0.3, -0.25) is 19.3 Å². The summed E-state index contributed by atoms with van der Waals surface area (Å²) in [6, 6.07) is 14.8. The fraction of sp³-hybridized carbons (Fsp3) is 0.286. The highest BCUT2D eigenvalue weighted by atomic mass is 16.2. The van der Waals surface area contributed by atoms with E-state index in [0.29, 0.717) is 11.1 Å². The van der Waals surface area contributed by atoms with Crippen molar-refractivity contribution in [2.45, 2.75) is 32.2 Å². The van der Waals surface area contributed by atoms with Gasteiger partial charge >= 0.3 is 0 Å². The van der Waals surface area contributed by atoms with Crippen LogP contribution < -0.4 is 4.90 Å². The van der Waals surface area contributed by atoms with Gasteiger partial charge in [-0.1, -0.05) is 30.3 Å². The van der Waals surface area contributed by atoms with E-state index < -0.39 is 0 Å². The molecule has 1 unspecified atom stereocenters. The molecule has 0 aliphatic carbocycles. The number of carbonyl (C=O) groups excluding carboxylic acids is 3. The van der Waals surface area contributed by atoms with Gasteiger partial charge in [0.1, 0.15) is 0 Å². The molecular formula is C21H20N2O3. The third kappa shape index (κ3) is 2.60. The van der Waals surface area contributed by atoms with Crippen LogP contribution in [0.4, 0.5) is 5.69 Å². The molecule has 2 heterocycles. The zero-order chi connectivity index (χ0) is 18.3. The predicted molar refractivity (Wildman–Crippen MR) is 98.1 cm³/mol. The number of fused-ring (bicyclic) bond motifs is 2. The minimum atomic E-state index is -0.314. The molecule has 0 bridgehead atoms. The lowest BCUT2D eigenvalue weighted by atomic mass is 9.96. The van der Waals surface area contributed by atoms with E-state index in [1.807, 2.05) is 36.1 Å². The molecular weight excluding hydrogens is 328 g/mol. The molecule has 5 nitrogen and oxygen atoms in total. The Hall–Kier alpha value is -2.95. The van der Waals surface area contributed by atoms with Gasteiger partial charge in [-0.2, -0.15) is 0 Å². The van der Waals surface area contributed by atoms with Crippen LogP contribution in [-0.4, -0.2) is 35.2 Å². The van der Waals surface area contributed by atoms with E-state index in [1.54, 1.807) is 24.3 Å². The summed E-state index contributed by atoms with van der Waals surface area (Å²) in [5, 5.41) is 0. The maximum Gasteiger partial charge on any atom is 0.261 e. The molecule has 0 radical (unpaired) electrons. The van der Waals surface area contributed by atoms with Crippen molar-refractivity contribution in [2.24, 2.45) is 0 Å². The monoisotopic (exact) mass is 348 g/mol. The normalized spacial score (nSPS) is 18.7. The van der Waals surface area contributed by atoms with Crippen molar-refractivity contribution < 1.29 is 14.4 Å². The number of anilines is 1. The molecule has 2 aromatic rings. The summed E-state index contributed by atoms with van der Waals surface area (Å²) >= 11 is 0. The Morgan fingerprint density at radius 1 is 1.00 bits per heavy atom. The molecule has 0 fully saturated rings. The van der Waals surface area contributed by atoms with Crippen LogP contribution in [0.2, 0.25) is 0 Å². The SMILES string of the molecule is CC1CCc2ccccc2N1C(=O)CCN1C(=O)c2ccccc2C1=O. The van der Waals surface area contributed by atoms with Gasteiger partial charge in [-0.25, -0.2) is 0 Å². The highest BCUT2D eigenvalue weighted by Crippen LogP contribution is 2.31. The lowest BCUT2D eigenvalue weighted by molar-refractivity contribution is -0.119. The Kier molecular flexibility index (Phi) is 4.07. The Morgan fingerprint density at radius 3 is 2.31 bits per heavy atom. The van der Waals surface area contributed by atoms with E-state index in [2.05, 4.69) is 0 Å². The zero-order valence-corrected chi connectivity index (χ0v) is 14.6. The number of imide groups is 1. The van der Waals surface area contributed by atoms with Gasteiger partial charge < -0.3 is 4.90 Å². The van der Waals surface area contributed by atoms with Crippen LogP contribution in [0, 0.1) is 0 Å². The quantitative estimate of drug-likeness (QED) is 0.801. The van der Waals surface area contributed by atoms with Crippen molar-refractivity contribution >= 4 is 23.4 Å². The Balaban J connectivity index is 1.50. The highest BCUT2D eigenvalue weighted by molar-refractivity contribution is 6.21. The number of hydrogen-bond donors (Lipinski definition) is 0. The first-order valence-electron chi connectivity index (χ1n) is 8.93. The number of nitrogens with zero attached hydrogens (tertiary/aromatic N) is 2. The molecule has 0 saturated heterocycles. The summed E-state index contributed by atoms with van der Waals surface area (Å²) in [4.78, 5) is 40.8. The van der Waals surface area contributed by atoms with Crippen LogP contribution in [0.25, 0.3) is 0 Å². The second-order valence-corrected chi connectivity index (χ2v) is 6.84. The fourth-order valence-corrected chi connectivity index (χ4v) is 3.84. The van der Waals surface area contributed by atoms with E-state index in [0.717, 1.165) is 18.5 Å². The molecule has 132 valence electrons. The smallest absolute Gasteiger partial charge is 0.261 e. The van der Waals surface area contributed by atoms with Crippen molar-refractivity contribution in [1.29, 1.82) is 0 Å². The molecule has 0 spiro atoms. The average molecular weight is 348 g/mol. The van der Waals surface area contributed by atoms with Crippen molar-refractivity contribution in [3.05, 3.63) is 65.2 Å². The molecule has 2 aliphatic heterocycles. The van der Waals surface area contributed by atoms with Gasteiger partial charge in [0.2, 0.25) is 5.91 Å². The molecule has 4 rings (SSSR count). The van der Waals surface area contributed by atoms with E-state index >= 15 is 0 Å². The van der Waals surface area contributed by atoms with Crippen molar-refractivity contribution in [3.8, 4) is 0 Å². The number of rotatable bonds is 3. The van der Waals surface area contributed by atoms with Gasteiger partial charge in [0.15, 0.2) is 0 Å². The third-order valence-electron chi connectivity index (χ3n) is 5.22. The van der Waals surface area contributed by atoms with E-state index in [-0.39, 0.29) is 36.7 Å². The number of para-hydroxylation sites is 1. The van der Waals surface area contributed by atoms with Crippen LogP contribution in [0.1, 0.15) is 46.0 Å². The Bertz CT molecular complexity index is 871. The van der Waals surface area contributed by atoms with Crippen molar-refractivity contribution in [3.63, 3.8) is 0 Å². The fourth-order valence-electron chi connectivity index (χ4n) is 3.84. The van der Waals surface area contributed by atoms with Crippen LogP contribution in [0.5, 0.6) is 0 Å². The van der Waals surface area contributed by atoms with Gasteiger partial charge in [-0.15, -0.1) is 0 Å². The largest absolute Gasteiger partial charge is 0.309 e. The molecule has 5 heteroatoms. The van der Waals surface area contributed by atoms with Crippen molar-refractivity contribution in [2.75, 3.05) is 11.4 Å². The van der Waals surface area contributed by atoms with Crippen LogP contribution in [0.3, 0.4) is 0 Å². The summed E-state index contributed by atoms with van der Waals surface area (Å²) in [5.74, 6) is -0.683. The highest BCUT2D eigenvalue weighted by Gasteiger charge is 2.36. The first kappa shape index (κ1) is 16.5. The van der Waals surface area contributed by atoms with E-state index in [1.165, 1.54) is 10.5 Å². The summed E-state index contributed by atoms with van der Waals surface area (Å²) in [6.07, 6.45) is 2.00. The van der Waals surface area contributed by atoms with Gasteiger partial charge in [0.05, 0.1) is 11.1 Å². The van der Waals surface area contributed by atoms with E-state index in [9.17, 15) is 14.4 Å². The average Bonchev–Trinajstić information content (AvgIpc) is 2.90. The first-order valence-corrected chi connectivity index (χ1v) is 8.93. The molecule has 0 N–H and O–H groups in total. The topological polar surface area (TPSA) is 57.7 Å². The summed E-state index contributed by atoms with van der Waals surface area (Å²) in [7, 11) is 0. The molecule has 2 aliphatic rings.